The maximum absolute atomic E-state index is 11.1. The molecule has 0 atom stereocenters. The number of hydrogen-bond acceptors (Lipinski definition) is 6. The molecular weight excluding hydrogens is 380 g/mol. The standard InChI is InChI=1S/C11H17N3O2S.CClNO3S/c12-17(15,16)14-8-6-13(7-9-14)10-11-4-2-1-3-5-11;2-7(5,6)3-1-4/h1-5H,6-10H2,(H2,12,15,16);. The summed E-state index contributed by atoms with van der Waals surface area (Å²) in [6.45, 7) is 3.27. The van der Waals surface area contributed by atoms with Gasteiger partial charge in [-0.3, -0.25) is 4.90 Å². The van der Waals surface area contributed by atoms with Crippen LogP contribution in [0.5, 0.6) is 0 Å². The Balaban J connectivity index is 0.000000351. The third-order valence-corrected chi connectivity index (χ3v) is 4.67. The van der Waals surface area contributed by atoms with Crippen molar-refractivity contribution in [2.45, 2.75) is 6.54 Å². The highest BCUT2D eigenvalue weighted by Gasteiger charge is 2.23. The largest absolute Gasteiger partial charge is 0.350 e. The molecule has 1 aromatic carbocycles. The summed E-state index contributed by atoms with van der Waals surface area (Å²) in [5.74, 6) is 0. The lowest BCUT2D eigenvalue weighted by Gasteiger charge is -2.32. The van der Waals surface area contributed by atoms with Crippen LogP contribution in [0.15, 0.2) is 34.7 Å². The first kappa shape index (κ1) is 20.7. The zero-order valence-electron chi connectivity index (χ0n) is 12.6. The second-order valence-corrected chi connectivity index (χ2v) is 8.52. The van der Waals surface area contributed by atoms with E-state index < -0.39 is 19.4 Å². The lowest BCUT2D eigenvalue weighted by atomic mass is 10.2. The highest BCUT2D eigenvalue weighted by atomic mass is 35.7. The number of nitrogens with two attached hydrogens (primary N) is 1. The lowest BCUT2D eigenvalue weighted by Crippen LogP contribution is -2.50. The van der Waals surface area contributed by atoms with E-state index in [1.54, 1.807) is 0 Å². The zero-order valence-corrected chi connectivity index (χ0v) is 15.0. The number of carbonyl (C=O) groups excluding carboxylic acids is 1. The summed E-state index contributed by atoms with van der Waals surface area (Å²) in [5, 5.41) is 5.09. The SMILES string of the molecule is NS(=O)(=O)N1CCN(Cc2ccccc2)CC1.O=C=NS(=O)(=O)Cl. The minimum Gasteiger partial charge on any atom is -0.296 e. The molecule has 0 amide bonds. The molecule has 9 nitrogen and oxygen atoms in total. The molecule has 2 N–H and O–H groups in total. The van der Waals surface area contributed by atoms with Crippen molar-refractivity contribution < 1.29 is 21.6 Å². The molecule has 1 saturated heterocycles. The molecule has 24 heavy (non-hydrogen) atoms. The predicted octanol–water partition coefficient (Wildman–Crippen LogP) is -0.186. The summed E-state index contributed by atoms with van der Waals surface area (Å²) in [6.07, 6.45) is 0.763. The zero-order chi connectivity index (χ0) is 18.2. The van der Waals surface area contributed by atoms with Crippen molar-refractivity contribution in [3.8, 4) is 0 Å². The second kappa shape index (κ2) is 9.23. The van der Waals surface area contributed by atoms with Crippen molar-refractivity contribution in [1.29, 1.82) is 0 Å². The second-order valence-electron chi connectivity index (χ2n) is 4.80. The highest BCUT2D eigenvalue weighted by Crippen LogP contribution is 2.09. The first-order chi connectivity index (χ1) is 11.1. The number of hydrogen-bond donors (Lipinski definition) is 1. The molecule has 0 radical (unpaired) electrons. The highest BCUT2D eigenvalue weighted by molar-refractivity contribution is 8.12. The molecule has 1 aromatic rings. The summed E-state index contributed by atoms with van der Waals surface area (Å²) in [6, 6.07) is 10.2. The number of rotatable bonds is 4. The molecule has 1 aliphatic rings. The summed E-state index contributed by atoms with van der Waals surface area (Å²) in [5.41, 5.74) is 1.25. The van der Waals surface area contributed by atoms with Gasteiger partial charge in [0.05, 0.1) is 0 Å². The normalized spacial score (nSPS) is 16.6. The summed E-state index contributed by atoms with van der Waals surface area (Å²) in [4.78, 5) is 11.3. The molecule has 0 aromatic heterocycles. The molecule has 0 unspecified atom stereocenters. The molecule has 134 valence electrons. The van der Waals surface area contributed by atoms with Crippen molar-refractivity contribution >= 4 is 36.2 Å². The van der Waals surface area contributed by atoms with E-state index >= 15 is 0 Å². The van der Waals surface area contributed by atoms with E-state index in [4.69, 9.17) is 9.93 Å². The maximum atomic E-state index is 11.1. The van der Waals surface area contributed by atoms with Crippen LogP contribution in [-0.2, 0) is 30.8 Å². The van der Waals surface area contributed by atoms with Crippen LogP contribution < -0.4 is 5.14 Å². The smallest absolute Gasteiger partial charge is 0.296 e. The predicted molar refractivity (Wildman–Crippen MR) is 89.3 cm³/mol. The fraction of sp³-hybridized carbons (Fsp3) is 0.417. The number of halogens is 1. The minimum absolute atomic E-state index is 0.478. The van der Waals surface area contributed by atoms with Gasteiger partial charge in [0.25, 0.3) is 16.3 Å². The monoisotopic (exact) mass is 396 g/mol. The van der Waals surface area contributed by atoms with E-state index in [1.807, 2.05) is 18.2 Å². The third-order valence-electron chi connectivity index (χ3n) is 3.09. The molecular formula is C12H17ClN4O5S2. The average molecular weight is 397 g/mol. The Morgan fingerprint density at radius 3 is 2.00 bits per heavy atom. The Morgan fingerprint density at radius 1 is 1.08 bits per heavy atom. The van der Waals surface area contributed by atoms with Crippen molar-refractivity contribution in [2.75, 3.05) is 26.2 Å². The average Bonchev–Trinajstić information content (AvgIpc) is 2.47. The molecule has 12 heteroatoms. The van der Waals surface area contributed by atoms with E-state index in [2.05, 4.69) is 32.1 Å². The Labute approximate surface area is 145 Å². The van der Waals surface area contributed by atoms with Gasteiger partial charge in [0.1, 0.15) is 0 Å². The molecule has 0 spiro atoms. The van der Waals surface area contributed by atoms with Gasteiger partial charge in [-0.2, -0.15) is 21.1 Å². The molecule has 0 bridgehead atoms. The Bertz CT molecular complexity index is 771. The number of nitrogens with zero attached hydrogens (tertiary/aromatic N) is 3. The van der Waals surface area contributed by atoms with Gasteiger partial charge < -0.3 is 0 Å². The quantitative estimate of drug-likeness (QED) is 0.426. The van der Waals surface area contributed by atoms with E-state index in [-0.39, 0.29) is 0 Å². The van der Waals surface area contributed by atoms with Gasteiger partial charge in [-0.05, 0) is 5.56 Å². The van der Waals surface area contributed by atoms with Crippen LogP contribution in [0, 0.1) is 0 Å². The van der Waals surface area contributed by atoms with Gasteiger partial charge in [0.15, 0.2) is 0 Å². The molecule has 1 fully saturated rings. The van der Waals surface area contributed by atoms with Crippen LogP contribution >= 0.6 is 10.7 Å². The van der Waals surface area contributed by atoms with E-state index in [0.717, 1.165) is 25.7 Å². The Morgan fingerprint density at radius 2 is 1.62 bits per heavy atom. The molecule has 2 rings (SSSR count). The van der Waals surface area contributed by atoms with E-state index in [9.17, 15) is 16.8 Å². The summed E-state index contributed by atoms with van der Waals surface area (Å²) < 4.78 is 44.9. The fourth-order valence-electron chi connectivity index (χ4n) is 2.03. The minimum atomic E-state index is -4.00. The number of isocyanates is 1. The Hall–Kier alpha value is -1.33. The topological polar surface area (TPSA) is 130 Å². The maximum Gasteiger partial charge on any atom is 0.350 e. The molecule has 0 saturated carbocycles. The lowest BCUT2D eigenvalue weighted by molar-refractivity contribution is 0.181. The number of piperazine rings is 1. The summed E-state index contributed by atoms with van der Waals surface area (Å²) >= 11 is 0. The van der Waals surface area contributed by atoms with Gasteiger partial charge in [0.2, 0.25) is 0 Å². The molecule has 0 aliphatic carbocycles. The first-order valence-corrected chi connectivity index (χ1v) is 10.5. The van der Waals surface area contributed by atoms with Crippen molar-refractivity contribution in [2.24, 2.45) is 9.54 Å². The van der Waals surface area contributed by atoms with Crippen LogP contribution in [-0.4, -0.2) is 58.3 Å². The first-order valence-electron chi connectivity index (χ1n) is 6.69. The van der Waals surface area contributed by atoms with Gasteiger partial charge in [-0.15, -0.1) is 0 Å². The van der Waals surface area contributed by atoms with Crippen LogP contribution in [0.2, 0.25) is 0 Å². The van der Waals surface area contributed by atoms with Crippen LogP contribution in [0.4, 0.5) is 0 Å². The summed E-state index contributed by atoms with van der Waals surface area (Å²) in [7, 11) is -3.14. The van der Waals surface area contributed by atoms with Crippen molar-refractivity contribution in [3.05, 3.63) is 35.9 Å². The molecule has 1 heterocycles. The molecule has 1 aliphatic heterocycles. The van der Waals surface area contributed by atoms with Crippen LogP contribution in [0.1, 0.15) is 5.56 Å². The van der Waals surface area contributed by atoms with Gasteiger partial charge >= 0.3 is 9.24 Å². The van der Waals surface area contributed by atoms with Gasteiger partial charge in [0, 0.05) is 43.4 Å². The fourth-order valence-corrected chi connectivity index (χ4v) is 2.87. The van der Waals surface area contributed by atoms with E-state index in [0.29, 0.717) is 13.1 Å². The Kier molecular flexibility index (Phi) is 7.97. The van der Waals surface area contributed by atoms with Crippen LogP contribution in [0.25, 0.3) is 0 Å². The van der Waals surface area contributed by atoms with E-state index in [1.165, 1.54) is 9.87 Å². The van der Waals surface area contributed by atoms with Crippen molar-refractivity contribution in [3.63, 3.8) is 0 Å². The van der Waals surface area contributed by atoms with Gasteiger partial charge in [-0.1, -0.05) is 34.7 Å². The third kappa shape index (κ3) is 8.50. The van der Waals surface area contributed by atoms with Crippen molar-refractivity contribution in [1.82, 2.24) is 9.21 Å². The number of benzene rings is 1. The van der Waals surface area contributed by atoms with Gasteiger partial charge in [-0.25, -0.2) is 9.93 Å². The van der Waals surface area contributed by atoms with Crippen LogP contribution in [0.3, 0.4) is 0 Å².